The number of aromatic amines is 1. The van der Waals surface area contributed by atoms with Crippen LogP contribution in [-0.2, 0) is 0 Å². The van der Waals surface area contributed by atoms with E-state index in [4.69, 9.17) is 9.47 Å². The summed E-state index contributed by atoms with van der Waals surface area (Å²) in [5, 5.41) is 9.25. The fourth-order valence-electron chi connectivity index (χ4n) is 2.00. The summed E-state index contributed by atoms with van der Waals surface area (Å²) in [6.45, 7) is 2.52. The normalized spacial score (nSPS) is 10.6. The predicted octanol–water partition coefficient (Wildman–Crippen LogP) is 3.61. The summed E-state index contributed by atoms with van der Waals surface area (Å²) in [4.78, 5) is 5.59. The zero-order chi connectivity index (χ0) is 14.7. The standard InChI is InChI=1S/C15H15N3O2S/c1-3-20-12-9-10(6-7-11(12)19-2)14-16-15(18-17-14)13-5-4-8-21-13/h4-9H,3H2,1-2H3,(H,16,17,18). The number of ether oxygens (including phenoxy) is 2. The molecule has 0 aliphatic carbocycles. The Morgan fingerprint density at radius 1 is 1.24 bits per heavy atom. The Morgan fingerprint density at radius 3 is 2.86 bits per heavy atom. The molecular weight excluding hydrogens is 286 g/mol. The van der Waals surface area contributed by atoms with E-state index in [1.54, 1.807) is 18.4 Å². The molecule has 0 aliphatic rings. The Balaban J connectivity index is 1.95. The van der Waals surface area contributed by atoms with Crippen molar-refractivity contribution in [2.75, 3.05) is 13.7 Å². The first-order valence-electron chi connectivity index (χ1n) is 6.59. The fourth-order valence-corrected chi connectivity index (χ4v) is 2.66. The molecule has 0 radical (unpaired) electrons. The quantitative estimate of drug-likeness (QED) is 0.782. The lowest BCUT2D eigenvalue weighted by Gasteiger charge is -2.09. The van der Waals surface area contributed by atoms with E-state index >= 15 is 0 Å². The maximum absolute atomic E-state index is 5.58. The largest absolute Gasteiger partial charge is 0.493 e. The van der Waals surface area contributed by atoms with Gasteiger partial charge in [0.1, 0.15) is 0 Å². The van der Waals surface area contributed by atoms with E-state index in [2.05, 4.69) is 15.2 Å². The number of benzene rings is 1. The average Bonchev–Trinajstić information content (AvgIpc) is 3.18. The Bertz CT molecular complexity index is 722. The first kappa shape index (κ1) is 13.6. The van der Waals surface area contributed by atoms with Crippen LogP contribution in [-0.4, -0.2) is 28.9 Å². The number of H-pyrrole nitrogens is 1. The lowest BCUT2D eigenvalue weighted by molar-refractivity contribution is 0.311. The molecule has 0 saturated carbocycles. The molecule has 0 spiro atoms. The molecule has 1 aromatic carbocycles. The van der Waals surface area contributed by atoms with Gasteiger partial charge in [-0.25, -0.2) is 4.98 Å². The van der Waals surface area contributed by atoms with Crippen molar-refractivity contribution in [3.05, 3.63) is 35.7 Å². The van der Waals surface area contributed by atoms with Gasteiger partial charge in [-0.3, -0.25) is 5.10 Å². The third-order valence-electron chi connectivity index (χ3n) is 2.96. The third-order valence-corrected chi connectivity index (χ3v) is 3.84. The van der Waals surface area contributed by atoms with Crippen LogP contribution in [0.5, 0.6) is 11.5 Å². The van der Waals surface area contributed by atoms with E-state index in [9.17, 15) is 0 Å². The molecule has 21 heavy (non-hydrogen) atoms. The summed E-state index contributed by atoms with van der Waals surface area (Å²) >= 11 is 1.62. The Morgan fingerprint density at radius 2 is 2.14 bits per heavy atom. The van der Waals surface area contributed by atoms with Crippen LogP contribution in [0.3, 0.4) is 0 Å². The summed E-state index contributed by atoms with van der Waals surface area (Å²) in [7, 11) is 1.62. The number of thiophene rings is 1. The van der Waals surface area contributed by atoms with Crippen molar-refractivity contribution in [2.45, 2.75) is 6.92 Å². The number of rotatable bonds is 5. The molecule has 2 aromatic heterocycles. The third kappa shape index (κ3) is 2.75. The highest BCUT2D eigenvalue weighted by molar-refractivity contribution is 7.13. The Kier molecular flexibility index (Phi) is 3.87. The van der Waals surface area contributed by atoms with Gasteiger partial charge in [-0.2, -0.15) is 5.10 Å². The van der Waals surface area contributed by atoms with Gasteiger partial charge in [-0.05, 0) is 36.6 Å². The molecule has 0 saturated heterocycles. The van der Waals surface area contributed by atoms with Crippen molar-refractivity contribution in [3.8, 4) is 33.6 Å². The van der Waals surface area contributed by atoms with Crippen molar-refractivity contribution in [2.24, 2.45) is 0 Å². The summed E-state index contributed by atoms with van der Waals surface area (Å²) in [6, 6.07) is 9.67. The zero-order valence-corrected chi connectivity index (χ0v) is 12.6. The minimum atomic E-state index is 0.578. The van der Waals surface area contributed by atoms with Gasteiger partial charge in [0.05, 0.1) is 18.6 Å². The fraction of sp³-hybridized carbons (Fsp3) is 0.200. The number of nitrogens with zero attached hydrogens (tertiary/aromatic N) is 2. The number of hydrogen-bond donors (Lipinski definition) is 1. The van der Waals surface area contributed by atoms with Crippen molar-refractivity contribution < 1.29 is 9.47 Å². The number of methoxy groups -OCH3 is 1. The van der Waals surface area contributed by atoms with Crippen LogP contribution in [0.4, 0.5) is 0 Å². The van der Waals surface area contributed by atoms with Gasteiger partial charge >= 0.3 is 0 Å². The highest BCUT2D eigenvalue weighted by Crippen LogP contribution is 2.32. The molecule has 2 heterocycles. The molecule has 0 unspecified atom stereocenters. The number of nitrogens with one attached hydrogen (secondary N) is 1. The smallest absolute Gasteiger partial charge is 0.181 e. The van der Waals surface area contributed by atoms with Crippen LogP contribution in [0, 0.1) is 0 Å². The second kappa shape index (κ2) is 5.97. The Labute approximate surface area is 126 Å². The van der Waals surface area contributed by atoms with Gasteiger partial charge in [-0.15, -0.1) is 11.3 Å². The van der Waals surface area contributed by atoms with Crippen LogP contribution >= 0.6 is 11.3 Å². The molecule has 0 fully saturated rings. The van der Waals surface area contributed by atoms with Crippen molar-refractivity contribution >= 4 is 11.3 Å². The van der Waals surface area contributed by atoms with Gasteiger partial charge in [-0.1, -0.05) is 6.07 Å². The van der Waals surface area contributed by atoms with Crippen LogP contribution < -0.4 is 9.47 Å². The zero-order valence-electron chi connectivity index (χ0n) is 11.8. The maximum atomic E-state index is 5.58. The molecule has 0 aliphatic heterocycles. The average molecular weight is 301 g/mol. The Hall–Kier alpha value is -2.34. The van der Waals surface area contributed by atoms with E-state index in [1.807, 2.05) is 42.6 Å². The SMILES string of the molecule is CCOc1cc(-c2n[nH]c(-c3cccs3)n2)ccc1OC. The molecule has 108 valence electrons. The van der Waals surface area contributed by atoms with Crippen molar-refractivity contribution in [1.29, 1.82) is 0 Å². The summed E-state index contributed by atoms with van der Waals surface area (Å²) in [5.41, 5.74) is 0.887. The molecule has 6 heteroatoms. The minimum absolute atomic E-state index is 0.578. The van der Waals surface area contributed by atoms with Gasteiger partial charge in [0.15, 0.2) is 23.1 Å². The monoisotopic (exact) mass is 301 g/mol. The molecule has 3 rings (SSSR count). The topological polar surface area (TPSA) is 60.0 Å². The van der Waals surface area contributed by atoms with Crippen LogP contribution in [0.15, 0.2) is 35.7 Å². The van der Waals surface area contributed by atoms with Gasteiger partial charge in [0.2, 0.25) is 0 Å². The van der Waals surface area contributed by atoms with E-state index < -0.39 is 0 Å². The number of aromatic nitrogens is 3. The maximum Gasteiger partial charge on any atom is 0.181 e. The first-order valence-corrected chi connectivity index (χ1v) is 7.47. The highest BCUT2D eigenvalue weighted by atomic mass is 32.1. The minimum Gasteiger partial charge on any atom is -0.493 e. The van der Waals surface area contributed by atoms with Crippen LogP contribution in [0.1, 0.15) is 6.92 Å². The highest BCUT2D eigenvalue weighted by Gasteiger charge is 2.12. The van der Waals surface area contributed by atoms with E-state index in [0.717, 1.165) is 16.3 Å². The second-order valence-electron chi connectivity index (χ2n) is 4.28. The van der Waals surface area contributed by atoms with Crippen LogP contribution in [0.2, 0.25) is 0 Å². The molecule has 0 amide bonds. The lowest BCUT2D eigenvalue weighted by atomic mass is 10.2. The summed E-state index contributed by atoms with van der Waals surface area (Å²) < 4.78 is 10.9. The summed E-state index contributed by atoms with van der Waals surface area (Å²) in [5.74, 6) is 2.81. The van der Waals surface area contributed by atoms with Gasteiger partial charge in [0.25, 0.3) is 0 Å². The number of hydrogen-bond acceptors (Lipinski definition) is 5. The van der Waals surface area contributed by atoms with Crippen LogP contribution in [0.25, 0.3) is 22.1 Å². The summed E-state index contributed by atoms with van der Waals surface area (Å²) in [6.07, 6.45) is 0. The second-order valence-corrected chi connectivity index (χ2v) is 5.23. The van der Waals surface area contributed by atoms with Crippen molar-refractivity contribution in [3.63, 3.8) is 0 Å². The molecule has 0 bridgehead atoms. The molecule has 5 nitrogen and oxygen atoms in total. The predicted molar refractivity (Wildman–Crippen MR) is 82.9 cm³/mol. The van der Waals surface area contributed by atoms with Crippen molar-refractivity contribution in [1.82, 2.24) is 15.2 Å². The lowest BCUT2D eigenvalue weighted by Crippen LogP contribution is -1.96. The molecular formula is C15H15N3O2S. The molecule has 1 N–H and O–H groups in total. The van der Waals surface area contributed by atoms with E-state index in [-0.39, 0.29) is 0 Å². The molecule has 3 aromatic rings. The van der Waals surface area contributed by atoms with Gasteiger partial charge < -0.3 is 9.47 Å². The first-order chi connectivity index (χ1) is 10.3. The molecule has 0 atom stereocenters. The van der Waals surface area contributed by atoms with Gasteiger partial charge in [0, 0.05) is 5.56 Å². The van der Waals surface area contributed by atoms with E-state index in [1.165, 1.54) is 0 Å². The van der Waals surface area contributed by atoms with E-state index in [0.29, 0.717) is 23.9 Å².